The molecule has 1 aliphatic rings. The van der Waals surface area contributed by atoms with E-state index in [1.165, 1.54) is 6.08 Å². The molecule has 0 radical (unpaired) electrons. The summed E-state index contributed by atoms with van der Waals surface area (Å²) in [5, 5.41) is 2.70. The summed E-state index contributed by atoms with van der Waals surface area (Å²) in [4.78, 5) is 10.7. The summed E-state index contributed by atoms with van der Waals surface area (Å²) in [5.41, 5.74) is 0. The molecule has 1 rings (SSSR count). The van der Waals surface area contributed by atoms with Crippen LogP contribution in [0, 0.1) is 0 Å². The van der Waals surface area contributed by atoms with E-state index in [2.05, 4.69) is 11.9 Å². The smallest absolute Gasteiger partial charge is 0.244 e. The van der Waals surface area contributed by atoms with Gasteiger partial charge in [0.2, 0.25) is 5.91 Å². The maximum absolute atomic E-state index is 10.7. The Bertz CT molecular complexity index is 191. The first-order valence-electron chi connectivity index (χ1n) is 3.11. The van der Waals surface area contributed by atoms with Crippen LogP contribution in [-0.4, -0.2) is 11.9 Å². The van der Waals surface area contributed by atoms with Crippen LogP contribution >= 0.6 is 0 Å². The molecule has 52 valence electrons. The van der Waals surface area contributed by atoms with Crippen LogP contribution in [0.3, 0.4) is 0 Å². The number of nitrogens with one attached hydrogen (secondary N) is 1. The molecule has 0 spiro atoms. The van der Waals surface area contributed by atoms with Gasteiger partial charge < -0.3 is 5.32 Å². The average Bonchev–Trinajstić information content (AvgIpc) is 2.40. The van der Waals surface area contributed by atoms with Gasteiger partial charge in [0.1, 0.15) is 0 Å². The van der Waals surface area contributed by atoms with E-state index >= 15 is 0 Å². The first-order chi connectivity index (χ1) is 4.83. The zero-order valence-corrected chi connectivity index (χ0v) is 5.58. The number of hydrogen-bond donors (Lipinski definition) is 1. The maximum atomic E-state index is 10.7. The Morgan fingerprint density at radius 2 is 2.10 bits per heavy atom. The van der Waals surface area contributed by atoms with Crippen molar-refractivity contribution in [1.29, 1.82) is 0 Å². The lowest BCUT2D eigenvalue weighted by atomic mass is 10.3. The molecule has 0 saturated carbocycles. The molecule has 0 aromatic carbocycles. The fourth-order valence-corrected chi connectivity index (χ4v) is 0.751. The second-order valence-electron chi connectivity index (χ2n) is 2.01. The predicted octanol–water partition coefficient (Wildman–Crippen LogP) is 0.783. The lowest BCUT2D eigenvalue weighted by Gasteiger charge is -2.04. The molecule has 1 aliphatic carbocycles. The molecule has 0 unspecified atom stereocenters. The van der Waals surface area contributed by atoms with Crippen molar-refractivity contribution in [3.8, 4) is 0 Å². The highest BCUT2D eigenvalue weighted by atomic mass is 16.1. The summed E-state index contributed by atoms with van der Waals surface area (Å²) >= 11 is 0. The summed E-state index contributed by atoms with van der Waals surface area (Å²) in [6.45, 7) is 3.34. The van der Waals surface area contributed by atoms with Gasteiger partial charge in [-0.05, 0) is 6.08 Å². The Kier molecular flexibility index (Phi) is 2.05. The molecule has 0 bridgehead atoms. The van der Waals surface area contributed by atoms with E-state index < -0.39 is 0 Å². The largest absolute Gasteiger partial charge is 0.343 e. The third kappa shape index (κ3) is 1.58. The Balaban J connectivity index is 2.39. The molecule has 10 heavy (non-hydrogen) atoms. The fourth-order valence-electron chi connectivity index (χ4n) is 0.751. The van der Waals surface area contributed by atoms with Crippen LogP contribution < -0.4 is 5.32 Å². The molecule has 2 heteroatoms. The van der Waals surface area contributed by atoms with Crippen molar-refractivity contribution in [3.05, 3.63) is 37.0 Å². The Hall–Kier alpha value is -1.31. The molecule has 0 heterocycles. The second kappa shape index (κ2) is 3.01. The van der Waals surface area contributed by atoms with E-state index in [1.54, 1.807) is 0 Å². The molecule has 0 fully saturated rings. The van der Waals surface area contributed by atoms with Crippen molar-refractivity contribution in [2.45, 2.75) is 6.04 Å². The number of carbonyl (C=O) groups excluding carboxylic acids is 1. The van der Waals surface area contributed by atoms with Crippen LogP contribution in [0.5, 0.6) is 0 Å². The molecule has 0 saturated heterocycles. The van der Waals surface area contributed by atoms with E-state index in [4.69, 9.17) is 0 Å². The first kappa shape index (κ1) is 6.81. The van der Waals surface area contributed by atoms with Gasteiger partial charge in [0.05, 0.1) is 6.04 Å². The molecule has 0 aromatic heterocycles. The molecule has 0 atom stereocenters. The SMILES string of the molecule is C=CC(=O)NC1C=CC=C1. The van der Waals surface area contributed by atoms with Gasteiger partial charge in [-0.3, -0.25) is 4.79 Å². The van der Waals surface area contributed by atoms with Crippen LogP contribution in [0.1, 0.15) is 0 Å². The van der Waals surface area contributed by atoms with Crippen LogP contribution in [-0.2, 0) is 4.79 Å². The number of carbonyl (C=O) groups is 1. The summed E-state index contributed by atoms with van der Waals surface area (Å²) in [6.07, 6.45) is 8.87. The highest BCUT2D eigenvalue weighted by Crippen LogP contribution is 1.98. The van der Waals surface area contributed by atoms with Gasteiger partial charge in [-0.25, -0.2) is 0 Å². The average molecular weight is 135 g/mol. The highest BCUT2D eigenvalue weighted by Gasteiger charge is 2.03. The Labute approximate surface area is 59.9 Å². The van der Waals surface area contributed by atoms with Gasteiger partial charge in [0, 0.05) is 0 Å². The minimum absolute atomic E-state index is 0.0606. The van der Waals surface area contributed by atoms with Crippen molar-refractivity contribution < 1.29 is 4.79 Å². The van der Waals surface area contributed by atoms with Gasteiger partial charge >= 0.3 is 0 Å². The first-order valence-corrected chi connectivity index (χ1v) is 3.11. The molecule has 1 N–H and O–H groups in total. The van der Waals surface area contributed by atoms with Crippen molar-refractivity contribution >= 4 is 5.91 Å². The van der Waals surface area contributed by atoms with Gasteiger partial charge in [-0.2, -0.15) is 0 Å². The van der Waals surface area contributed by atoms with Gasteiger partial charge in [0.25, 0.3) is 0 Å². The highest BCUT2D eigenvalue weighted by molar-refractivity contribution is 5.87. The standard InChI is InChI=1S/C8H9NO/c1-2-8(10)9-7-5-3-4-6-7/h2-7H,1H2,(H,9,10). The fraction of sp³-hybridized carbons (Fsp3) is 0.125. The number of hydrogen-bond acceptors (Lipinski definition) is 1. The normalized spacial score (nSPS) is 15.6. The quantitative estimate of drug-likeness (QED) is 0.557. The summed E-state index contributed by atoms with van der Waals surface area (Å²) in [7, 11) is 0. The van der Waals surface area contributed by atoms with E-state index in [0.717, 1.165) is 0 Å². The van der Waals surface area contributed by atoms with Crippen molar-refractivity contribution in [3.63, 3.8) is 0 Å². The molecule has 0 aliphatic heterocycles. The molecule has 1 amide bonds. The van der Waals surface area contributed by atoms with E-state index in [-0.39, 0.29) is 11.9 Å². The van der Waals surface area contributed by atoms with Crippen LogP contribution in [0.15, 0.2) is 37.0 Å². The molecular formula is C8H9NO. The number of rotatable bonds is 2. The molecular weight excluding hydrogens is 126 g/mol. The summed E-state index contributed by atoms with van der Waals surface area (Å²) < 4.78 is 0. The van der Waals surface area contributed by atoms with Crippen molar-refractivity contribution in [1.82, 2.24) is 5.32 Å². The third-order valence-corrected chi connectivity index (χ3v) is 1.24. The minimum atomic E-state index is -0.138. The van der Waals surface area contributed by atoms with Gasteiger partial charge in [-0.15, -0.1) is 0 Å². The molecule has 2 nitrogen and oxygen atoms in total. The van der Waals surface area contributed by atoms with E-state index in [1.807, 2.05) is 24.3 Å². The van der Waals surface area contributed by atoms with E-state index in [0.29, 0.717) is 0 Å². The van der Waals surface area contributed by atoms with E-state index in [9.17, 15) is 4.79 Å². The van der Waals surface area contributed by atoms with Gasteiger partial charge in [-0.1, -0.05) is 30.9 Å². The Morgan fingerprint density at radius 3 is 2.60 bits per heavy atom. The predicted molar refractivity (Wildman–Crippen MR) is 40.4 cm³/mol. The van der Waals surface area contributed by atoms with Crippen LogP contribution in [0.25, 0.3) is 0 Å². The lowest BCUT2D eigenvalue weighted by molar-refractivity contribution is -0.116. The monoisotopic (exact) mass is 135 g/mol. The third-order valence-electron chi connectivity index (χ3n) is 1.24. The van der Waals surface area contributed by atoms with Crippen LogP contribution in [0.4, 0.5) is 0 Å². The Morgan fingerprint density at radius 1 is 1.50 bits per heavy atom. The second-order valence-corrected chi connectivity index (χ2v) is 2.01. The minimum Gasteiger partial charge on any atom is -0.343 e. The molecule has 0 aromatic rings. The van der Waals surface area contributed by atoms with Crippen molar-refractivity contribution in [2.24, 2.45) is 0 Å². The summed E-state index contributed by atoms with van der Waals surface area (Å²) in [5.74, 6) is -0.138. The van der Waals surface area contributed by atoms with Crippen LogP contribution in [0.2, 0.25) is 0 Å². The topological polar surface area (TPSA) is 29.1 Å². The summed E-state index contributed by atoms with van der Waals surface area (Å²) in [6, 6.07) is 0.0606. The van der Waals surface area contributed by atoms with Crippen molar-refractivity contribution in [2.75, 3.05) is 0 Å². The van der Waals surface area contributed by atoms with Gasteiger partial charge in [0.15, 0.2) is 0 Å². The maximum Gasteiger partial charge on any atom is 0.244 e. The number of allylic oxidation sites excluding steroid dienone is 2. The number of amides is 1. The lowest BCUT2D eigenvalue weighted by Crippen LogP contribution is -2.29. The zero-order chi connectivity index (χ0) is 7.40. The zero-order valence-electron chi connectivity index (χ0n) is 5.58.